The van der Waals surface area contributed by atoms with Gasteiger partial charge in [0, 0.05) is 24.8 Å². The number of aromatic nitrogens is 3. The smallest absolute Gasteiger partial charge is 0.246 e. The predicted molar refractivity (Wildman–Crippen MR) is 98.2 cm³/mol. The van der Waals surface area contributed by atoms with Gasteiger partial charge >= 0.3 is 0 Å². The molecule has 1 amide bonds. The number of carbonyl (C=O) groups excluding carboxylic acids is 1. The lowest BCUT2D eigenvalue weighted by Crippen LogP contribution is -2.51. The fourth-order valence-electron chi connectivity index (χ4n) is 4.07. The molecule has 2 N–H and O–H groups in total. The van der Waals surface area contributed by atoms with E-state index in [4.69, 9.17) is 0 Å². The number of anilines is 1. The van der Waals surface area contributed by atoms with Crippen molar-refractivity contribution >= 4 is 22.8 Å². The maximum atomic E-state index is 12.4. The number of piperidine rings is 1. The summed E-state index contributed by atoms with van der Waals surface area (Å²) < 4.78 is 0. The number of fused-ring (bicyclic) bond motifs is 1. The Morgan fingerprint density at radius 1 is 1.36 bits per heavy atom. The van der Waals surface area contributed by atoms with Crippen molar-refractivity contribution in [2.24, 2.45) is 5.92 Å². The van der Waals surface area contributed by atoms with Gasteiger partial charge in [0.1, 0.15) is 17.8 Å². The van der Waals surface area contributed by atoms with Crippen LogP contribution in [0.15, 0.2) is 31.2 Å². The van der Waals surface area contributed by atoms with Crippen LogP contribution < -0.4 is 5.32 Å². The Hall–Kier alpha value is -2.37. The van der Waals surface area contributed by atoms with Crippen LogP contribution in [-0.4, -0.2) is 44.4 Å². The highest BCUT2D eigenvalue weighted by Crippen LogP contribution is 2.35. The minimum Gasteiger partial charge on any atom is -0.365 e. The second kappa shape index (κ2) is 6.86. The van der Waals surface area contributed by atoms with Crippen LogP contribution in [0.5, 0.6) is 0 Å². The summed E-state index contributed by atoms with van der Waals surface area (Å²) in [6, 6.07) is 2.54. The van der Waals surface area contributed by atoms with E-state index in [1.165, 1.54) is 25.3 Å². The summed E-state index contributed by atoms with van der Waals surface area (Å²) in [7, 11) is 0. The van der Waals surface area contributed by atoms with Gasteiger partial charge in [0.25, 0.3) is 0 Å². The van der Waals surface area contributed by atoms with E-state index in [0.717, 1.165) is 42.0 Å². The fourth-order valence-corrected chi connectivity index (χ4v) is 4.07. The highest BCUT2D eigenvalue weighted by molar-refractivity contribution is 5.88. The highest BCUT2D eigenvalue weighted by atomic mass is 16.2. The van der Waals surface area contributed by atoms with Crippen molar-refractivity contribution in [1.29, 1.82) is 0 Å². The Balaban J connectivity index is 1.47. The Morgan fingerprint density at radius 2 is 2.24 bits per heavy atom. The first kappa shape index (κ1) is 16.1. The monoisotopic (exact) mass is 339 g/mol. The topological polar surface area (TPSA) is 73.9 Å². The van der Waals surface area contributed by atoms with Crippen molar-refractivity contribution < 1.29 is 4.79 Å². The minimum absolute atomic E-state index is 0.0466. The maximum absolute atomic E-state index is 12.4. The number of hydrogen-bond acceptors (Lipinski definition) is 4. The molecular weight excluding hydrogens is 314 g/mol. The van der Waals surface area contributed by atoms with Gasteiger partial charge < -0.3 is 15.2 Å². The molecular formula is C19H25N5O. The Morgan fingerprint density at radius 3 is 3.00 bits per heavy atom. The first-order valence-electron chi connectivity index (χ1n) is 9.22. The van der Waals surface area contributed by atoms with Crippen LogP contribution in [-0.2, 0) is 4.79 Å². The molecule has 0 spiro atoms. The normalized spacial score (nSPS) is 24.1. The Bertz CT molecular complexity index is 766. The van der Waals surface area contributed by atoms with Crippen LogP contribution in [0.2, 0.25) is 0 Å². The Labute approximate surface area is 147 Å². The molecule has 4 rings (SSSR count). The first-order valence-corrected chi connectivity index (χ1v) is 9.22. The molecule has 2 aliphatic rings. The van der Waals surface area contributed by atoms with Crippen LogP contribution in [0.4, 0.5) is 5.82 Å². The number of nitrogens with one attached hydrogen (secondary N) is 2. The van der Waals surface area contributed by atoms with E-state index >= 15 is 0 Å². The summed E-state index contributed by atoms with van der Waals surface area (Å²) in [6.45, 7) is 4.40. The third-order valence-corrected chi connectivity index (χ3v) is 5.69. The summed E-state index contributed by atoms with van der Waals surface area (Å²) in [5, 5.41) is 4.51. The molecule has 1 aliphatic carbocycles. The van der Waals surface area contributed by atoms with E-state index in [0.29, 0.717) is 12.6 Å². The number of likely N-dealkylation sites (tertiary alicyclic amines) is 1. The molecule has 0 radical (unpaired) electrons. The van der Waals surface area contributed by atoms with Crippen molar-refractivity contribution in [2.75, 3.05) is 11.9 Å². The zero-order valence-electron chi connectivity index (χ0n) is 14.4. The average Bonchev–Trinajstić information content (AvgIpc) is 3.08. The molecule has 2 aromatic rings. The van der Waals surface area contributed by atoms with Gasteiger partial charge in [-0.05, 0) is 37.3 Å². The van der Waals surface area contributed by atoms with Gasteiger partial charge in [-0.15, -0.1) is 0 Å². The number of hydrogen-bond donors (Lipinski definition) is 2. The molecule has 0 bridgehead atoms. The molecule has 2 fully saturated rings. The number of rotatable bonds is 5. The predicted octanol–water partition coefficient (Wildman–Crippen LogP) is 3.11. The molecule has 132 valence electrons. The maximum Gasteiger partial charge on any atom is 0.246 e. The van der Waals surface area contributed by atoms with Crippen molar-refractivity contribution in [3.8, 4) is 0 Å². The van der Waals surface area contributed by atoms with E-state index in [-0.39, 0.29) is 11.9 Å². The second-order valence-electron chi connectivity index (χ2n) is 7.26. The average molecular weight is 339 g/mol. The second-order valence-corrected chi connectivity index (χ2v) is 7.26. The molecule has 0 unspecified atom stereocenters. The van der Waals surface area contributed by atoms with Crippen LogP contribution in [0.25, 0.3) is 11.0 Å². The summed E-state index contributed by atoms with van der Waals surface area (Å²) >= 11 is 0. The van der Waals surface area contributed by atoms with Crippen molar-refractivity contribution in [3.63, 3.8) is 0 Å². The van der Waals surface area contributed by atoms with Crippen LogP contribution in [0.3, 0.4) is 0 Å². The van der Waals surface area contributed by atoms with Gasteiger partial charge in [-0.25, -0.2) is 9.97 Å². The minimum atomic E-state index is 0.0466. The van der Waals surface area contributed by atoms with Crippen LogP contribution in [0.1, 0.15) is 38.5 Å². The van der Waals surface area contributed by atoms with Gasteiger partial charge in [0.15, 0.2) is 0 Å². The van der Waals surface area contributed by atoms with Gasteiger partial charge in [0.05, 0.1) is 5.39 Å². The van der Waals surface area contributed by atoms with Crippen molar-refractivity contribution in [2.45, 2.75) is 50.6 Å². The molecule has 6 nitrogen and oxygen atoms in total. The zero-order valence-corrected chi connectivity index (χ0v) is 14.4. The molecule has 0 aromatic carbocycles. The molecule has 3 heterocycles. The third-order valence-electron chi connectivity index (χ3n) is 5.69. The van der Waals surface area contributed by atoms with Crippen molar-refractivity contribution in [3.05, 3.63) is 31.2 Å². The number of H-pyrrole nitrogens is 1. The SMILES string of the molecule is C=CC(=O)N1C[C@@H](Nc2ncnc3[nH]ccc23)CC[C@@H]1CC1CCC1. The lowest BCUT2D eigenvalue weighted by Gasteiger charge is -2.42. The summed E-state index contributed by atoms with van der Waals surface area (Å²) in [4.78, 5) is 26.1. The summed E-state index contributed by atoms with van der Waals surface area (Å²) in [5.41, 5.74) is 0.829. The standard InChI is InChI=1S/C19H25N5O/c1-2-17(25)24-11-14(6-7-15(24)10-13-4-3-5-13)23-19-16-8-9-20-18(16)21-12-22-19/h2,8-9,12-15H,1,3-7,10-11H2,(H2,20,21,22,23)/t14-,15+/m0/s1. The molecule has 1 saturated carbocycles. The molecule has 1 saturated heterocycles. The van der Waals surface area contributed by atoms with Gasteiger partial charge in [0.2, 0.25) is 5.91 Å². The van der Waals surface area contributed by atoms with E-state index in [1.807, 2.05) is 17.2 Å². The lowest BCUT2D eigenvalue weighted by molar-refractivity contribution is -0.130. The van der Waals surface area contributed by atoms with Crippen LogP contribution in [0, 0.1) is 5.92 Å². The van der Waals surface area contributed by atoms with E-state index in [2.05, 4.69) is 26.8 Å². The zero-order chi connectivity index (χ0) is 17.2. The van der Waals surface area contributed by atoms with E-state index < -0.39 is 0 Å². The number of amides is 1. The number of carbonyl (C=O) groups is 1. The summed E-state index contributed by atoms with van der Waals surface area (Å²) in [6.07, 6.45) is 12.1. The van der Waals surface area contributed by atoms with Gasteiger partial charge in [-0.3, -0.25) is 4.79 Å². The number of nitrogens with zero attached hydrogens (tertiary/aromatic N) is 3. The molecule has 25 heavy (non-hydrogen) atoms. The molecule has 1 aliphatic heterocycles. The summed E-state index contributed by atoms with van der Waals surface area (Å²) in [5.74, 6) is 1.68. The quantitative estimate of drug-likeness (QED) is 0.821. The van der Waals surface area contributed by atoms with E-state index in [9.17, 15) is 4.79 Å². The van der Waals surface area contributed by atoms with Crippen LogP contribution >= 0.6 is 0 Å². The first-order chi connectivity index (χ1) is 12.2. The number of aromatic amines is 1. The lowest BCUT2D eigenvalue weighted by atomic mass is 9.78. The van der Waals surface area contributed by atoms with Crippen molar-refractivity contribution in [1.82, 2.24) is 19.9 Å². The van der Waals surface area contributed by atoms with Gasteiger partial charge in [-0.1, -0.05) is 25.8 Å². The fraction of sp³-hybridized carbons (Fsp3) is 0.526. The third kappa shape index (κ3) is 3.25. The van der Waals surface area contributed by atoms with Gasteiger partial charge in [-0.2, -0.15) is 0 Å². The molecule has 6 heteroatoms. The molecule has 2 aromatic heterocycles. The largest absolute Gasteiger partial charge is 0.365 e. The highest BCUT2D eigenvalue weighted by Gasteiger charge is 2.33. The Kier molecular flexibility index (Phi) is 4.42. The van der Waals surface area contributed by atoms with E-state index in [1.54, 1.807) is 6.33 Å². The molecule has 2 atom stereocenters.